The van der Waals surface area contributed by atoms with Gasteiger partial charge in [-0.1, -0.05) is 12.1 Å². The Morgan fingerprint density at radius 3 is 3.10 bits per heavy atom. The highest BCUT2D eigenvalue weighted by Crippen LogP contribution is 2.26. The summed E-state index contributed by atoms with van der Waals surface area (Å²) in [4.78, 5) is 0. The average molecular weight is 134 g/mol. The number of ether oxygens (including phenoxy) is 1. The zero-order valence-corrected chi connectivity index (χ0v) is 5.50. The molecule has 0 saturated carbocycles. The van der Waals surface area contributed by atoms with E-state index >= 15 is 0 Å². The first-order valence-corrected chi connectivity index (χ1v) is 3.27. The molecule has 0 aromatic heterocycles. The summed E-state index contributed by atoms with van der Waals surface area (Å²) in [6.45, 7) is 2.54. The van der Waals surface area contributed by atoms with Gasteiger partial charge in [-0.15, -0.1) is 0 Å². The Hall–Kier alpha value is -1.18. The van der Waals surface area contributed by atoms with Gasteiger partial charge in [0, 0.05) is 0 Å². The lowest BCUT2D eigenvalue weighted by Crippen LogP contribution is -2.12. The summed E-state index contributed by atoms with van der Waals surface area (Å²) in [6, 6.07) is 7.89. The van der Waals surface area contributed by atoms with E-state index in [2.05, 4.69) is 5.32 Å². The number of hydrogen-bond acceptors (Lipinski definition) is 2. The van der Waals surface area contributed by atoms with Gasteiger partial charge in [0.15, 0.2) is 0 Å². The second-order valence-electron chi connectivity index (χ2n) is 2.16. The number of anilines is 1. The number of benzene rings is 1. The normalized spacial score (nSPS) is 14.8. The van der Waals surface area contributed by atoms with Gasteiger partial charge in [0.25, 0.3) is 0 Å². The molecule has 1 aromatic carbocycles. The molecule has 51 valence electrons. The van der Waals surface area contributed by atoms with E-state index in [0.29, 0.717) is 6.61 Å². The van der Waals surface area contributed by atoms with E-state index in [4.69, 9.17) is 4.74 Å². The van der Waals surface area contributed by atoms with E-state index < -0.39 is 0 Å². The average Bonchev–Trinajstić information content (AvgIpc) is 2.05. The highest BCUT2D eigenvalue weighted by Gasteiger charge is 2.06. The van der Waals surface area contributed by atoms with Crippen molar-refractivity contribution < 1.29 is 4.74 Å². The largest absolute Gasteiger partial charge is 0.489 e. The molecular weight excluding hydrogens is 126 g/mol. The molecule has 0 spiro atoms. The molecule has 1 N–H and O–H groups in total. The van der Waals surface area contributed by atoms with Crippen LogP contribution in [0.4, 0.5) is 5.69 Å². The summed E-state index contributed by atoms with van der Waals surface area (Å²) in [5, 5.41) is 3.11. The van der Waals surface area contributed by atoms with Crippen molar-refractivity contribution >= 4 is 5.69 Å². The third-order valence-corrected chi connectivity index (χ3v) is 1.47. The maximum Gasteiger partial charge on any atom is 0.142 e. The van der Waals surface area contributed by atoms with Crippen molar-refractivity contribution in [3.63, 3.8) is 0 Å². The van der Waals surface area contributed by atoms with Gasteiger partial charge >= 0.3 is 0 Å². The van der Waals surface area contributed by atoms with E-state index in [0.717, 1.165) is 11.4 Å². The molecule has 2 nitrogen and oxygen atoms in total. The maximum atomic E-state index is 5.31. The molecule has 0 unspecified atom stereocenters. The van der Waals surface area contributed by atoms with E-state index in [-0.39, 0.29) is 0 Å². The zero-order chi connectivity index (χ0) is 6.81. The van der Waals surface area contributed by atoms with Crippen LogP contribution in [0.25, 0.3) is 0 Å². The number of para-hydroxylation sites is 2. The van der Waals surface area contributed by atoms with Gasteiger partial charge in [0.2, 0.25) is 0 Å². The predicted molar refractivity (Wildman–Crippen MR) is 39.9 cm³/mol. The minimum absolute atomic E-state index is 0.650. The first-order chi connectivity index (χ1) is 4.97. The van der Waals surface area contributed by atoms with Crippen LogP contribution in [-0.4, -0.2) is 6.61 Å². The molecular formula is C8H8NO. The molecule has 0 atom stereocenters. The molecule has 1 aliphatic rings. The lowest BCUT2D eigenvalue weighted by Gasteiger charge is -2.17. The summed E-state index contributed by atoms with van der Waals surface area (Å²) in [6.07, 6.45) is 0. The number of fused-ring (bicyclic) bond motifs is 1. The lowest BCUT2D eigenvalue weighted by molar-refractivity contribution is 0.343. The molecule has 1 radical (unpaired) electrons. The van der Waals surface area contributed by atoms with Crippen LogP contribution in [0.3, 0.4) is 0 Å². The summed E-state index contributed by atoms with van der Waals surface area (Å²) in [5.74, 6) is 0.935. The highest BCUT2D eigenvalue weighted by molar-refractivity contribution is 5.58. The van der Waals surface area contributed by atoms with Crippen molar-refractivity contribution in [2.45, 2.75) is 0 Å². The van der Waals surface area contributed by atoms with Crippen molar-refractivity contribution in [3.8, 4) is 5.75 Å². The molecule has 0 aliphatic carbocycles. The Kier molecular flexibility index (Phi) is 1.24. The minimum atomic E-state index is 0.650. The minimum Gasteiger partial charge on any atom is -0.489 e. The molecule has 0 fully saturated rings. The topological polar surface area (TPSA) is 21.3 Å². The van der Waals surface area contributed by atoms with E-state index in [1.807, 2.05) is 30.8 Å². The number of hydrogen-bond donors (Lipinski definition) is 1. The van der Waals surface area contributed by atoms with Crippen LogP contribution in [0.15, 0.2) is 24.3 Å². The highest BCUT2D eigenvalue weighted by atomic mass is 16.5. The second kappa shape index (κ2) is 2.21. The lowest BCUT2D eigenvalue weighted by atomic mass is 10.3. The summed E-state index contributed by atoms with van der Waals surface area (Å²) in [7, 11) is 0. The summed E-state index contributed by atoms with van der Waals surface area (Å²) >= 11 is 0. The van der Waals surface area contributed by atoms with Gasteiger partial charge < -0.3 is 10.1 Å². The van der Waals surface area contributed by atoms with E-state index in [9.17, 15) is 0 Å². The monoisotopic (exact) mass is 134 g/mol. The second-order valence-corrected chi connectivity index (χ2v) is 2.16. The standard InChI is InChI=1S/C8H8NO/c1-2-4-8-7(3-1)9-5-6-10-8/h1-5,9H,6H2. The zero-order valence-electron chi connectivity index (χ0n) is 5.50. The van der Waals surface area contributed by atoms with Crippen LogP contribution in [-0.2, 0) is 0 Å². The molecule has 2 heteroatoms. The van der Waals surface area contributed by atoms with Gasteiger partial charge in [0.05, 0.1) is 12.2 Å². The predicted octanol–water partition coefficient (Wildman–Crippen LogP) is 1.65. The molecule has 1 heterocycles. The molecule has 0 saturated heterocycles. The molecule has 2 rings (SSSR count). The van der Waals surface area contributed by atoms with Crippen molar-refractivity contribution in [3.05, 3.63) is 30.8 Å². The Bertz CT molecular complexity index is 209. The Labute approximate surface area is 59.8 Å². The van der Waals surface area contributed by atoms with Gasteiger partial charge in [-0.25, -0.2) is 0 Å². The van der Waals surface area contributed by atoms with Gasteiger partial charge in [0.1, 0.15) is 12.4 Å². The fourth-order valence-corrected chi connectivity index (χ4v) is 0.995. The fourth-order valence-electron chi connectivity index (χ4n) is 0.995. The van der Waals surface area contributed by atoms with Crippen molar-refractivity contribution in [2.75, 3.05) is 11.9 Å². The van der Waals surface area contributed by atoms with Crippen molar-refractivity contribution in [1.29, 1.82) is 0 Å². The molecule has 0 bridgehead atoms. The first-order valence-electron chi connectivity index (χ1n) is 3.27. The van der Waals surface area contributed by atoms with Gasteiger partial charge in [-0.05, 0) is 12.1 Å². The summed E-state index contributed by atoms with van der Waals surface area (Å²) < 4.78 is 5.31. The van der Waals surface area contributed by atoms with Crippen LogP contribution in [0, 0.1) is 6.54 Å². The fraction of sp³-hybridized carbons (Fsp3) is 0.125. The Morgan fingerprint density at radius 2 is 2.20 bits per heavy atom. The third-order valence-electron chi connectivity index (χ3n) is 1.47. The van der Waals surface area contributed by atoms with E-state index in [1.165, 1.54) is 0 Å². The van der Waals surface area contributed by atoms with Crippen molar-refractivity contribution in [1.82, 2.24) is 0 Å². The third kappa shape index (κ3) is 0.817. The Balaban J connectivity index is 2.41. The molecule has 10 heavy (non-hydrogen) atoms. The van der Waals surface area contributed by atoms with Crippen LogP contribution in [0.1, 0.15) is 0 Å². The van der Waals surface area contributed by atoms with Crippen LogP contribution < -0.4 is 10.1 Å². The molecule has 1 aliphatic heterocycles. The maximum absolute atomic E-state index is 5.31. The van der Waals surface area contributed by atoms with Crippen molar-refractivity contribution in [2.24, 2.45) is 0 Å². The van der Waals surface area contributed by atoms with Crippen LogP contribution in [0.5, 0.6) is 5.75 Å². The van der Waals surface area contributed by atoms with Crippen LogP contribution >= 0.6 is 0 Å². The quantitative estimate of drug-likeness (QED) is 0.582. The van der Waals surface area contributed by atoms with E-state index in [1.54, 1.807) is 0 Å². The molecule has 0 amide bonds. The van der Waals surface area contributed by atoms with Crippen LogP contribution in [0.2, 0.25) is 0 Å². The van der Waals surface area contributed by atoms with Gasteiger partial charge in [-0.2, -0.15) is 0 Å². The smallest absolute Gasteiger partial charge is 0.142 e. The SMILES string of the molecule is [CH]1COc2ccccc2N1. The summed E-state index contributed by atoms with van der Waals surface area (Å²) in [5.41, 5.74) is 1.05. The number of nitrogens with one attached hydrogen (secondary N) is 1. The first kappa shape index (κ1) is 5.59. The number of rotatable bonds is 0. The Morgan fingerprint density at radius 1 is 1.30 bits per heavy atom. The van der Waals surface area contributed by atoms with Gasteiger partial charge in [-0.3, -0.25) is 0 Å². The molecule has 1 aromatic rings.